The Labute approximate surface area is 165 Å². The van der Waals surface area contributed by atoms with Crippen LogP contribution in [0.5, 0.6) is 0 Å². The number of hydrogen-bond acceptors (Lipinski definition) is 5. The summed E-state index contributed by atoms with van der Waals surface area (Å²) in [6, 6.07) is 0. The Kier molecular flexibility index (Phi) is 7.57. The van der Waals surface area contributed by atoms with Crippen molar-refractivity contribution in [2.24, 2.45) is 4.99 Å². The molecule has 1 heterocycles. The molecule has 0 saturated carbocycles. The van der Waals surface area contributed by atoms with Crippen molar-refractivity contribution in [3.05, 3.63) is 12.2 Å². The summed E-state index contributed by atoms with van der Waals surface area (Å²) in [7, 11) is 0. The van der Waals surface area contributed by atoms with Crippen molar-refractivity contribution in [2.75, 3.05) is 20.1 Å². The Morgan fingerprint density at radius 2 is 1.96 bits per heavy atom. The Morgan fingerprint density at radius 1 is 1.26 bits per heavy atom. The fourth-order valence-electron chi connectivity index (χ4n) is 2.13. The molecule has 0 aliphatic carbocycles. The van der Waals surface area contributed by atoms with Crippen molar-refractivity contribution >= 4 is 23.9 Å². The molecule has 1 rings (SSSR count). The van der Waals surface area contributed by atoms with Crippen LogP contribution in [-0.2, 0) is 19.1 Å². The number of cyclic esters (lactones) is 1. The van der Waals surface area contributed by atoms with Gasteiger partial charge in [-0.15, -0.1) is 4.99 Å². The molecule has 0 spiro atoms. The van der Waals surface area contributed by atoms with Crippen LogP contribution in [0.25, 0.3) is 0 Å². The smallest absolute Gasteiger partial charge is 0.437 e. The van der Waals surface area contributed by atoms with Crippen molar-refractivity contribution in [1.82, 2.24) is 10.2 Å². The Hall–Kier alpha value is -2.38. The molecule has 8 nitrogen and oxygen atoms in total. The first-order valence-corrected chi connectivity index (χ1v) is 9.08. The number of esters is 1. The van der Waals surface area contributed by atoms with E-state index in [1.807, 2.05) is 12.2 Å². The van der Waals surface area contributed by atoms with Gasteiger partial charge in [0.25, 0.3) is 0 Å². The highest BCUT2D eigenvalue weighted by Gasteiger charge is 2.20. The summed E-state index contributed by atoms with van der Waals surface area (Å²) in [5.41, 5.74) is -0.874. The van der Waals surface area contributed by atoms with Gasteiger partial charge in [0.2, 0.25) is 11.9 Å². The van der Waals surface area contributed by atoms with Crippen molar-refractivity contribution in [2.45, 2.75) is 64.9 Å². The predicted octanol–water partition coefficient (Wildman–Crippen LogP) is 2.78. The van der Waals surface area contributed by atoms with E-state index in [0.29, 0.717) is 17.7 Å². The number of ether oxygens (including phenoxy) is 2. The van der Waals surface area contributed by atoms with Crippen LogP contribution in [0.2, 0.25) is 0 Å². The van der Waals surface area contributed by atoms with Gasteiger partial charge in [0, 0.05) is 17.5 Å². The van der Waals surface area contributed by atoms with Gasteiger partial charge >= 0.3 is 12.1 Å². The molecule has 0 fully saturated rings. The lowest BCUT2D eigenvalue weighted by Gasteiger charge is -2.22. The van der Waals surface area contributed by atoms with Crippen molar-refractivity contribution in [3.8, 4) is 0 Å². The second-order valence-corrected chi connectivity index (χ2v) is 7.13. The van der Waals surface area contributed by atoms with E-state index >= 15 is 0 Å². The molecule has 0 unspecified atom stereocenters. The predicted molar refractivity (Wildman–Crippen MR) is 102 cm³/mol. The van der Waals surface area contributed by atoms with Crippen LogP contribution < -0.4 is 5.32 Å². The zero-order valence-corrected chi connectivity index (χ0v) is 16.2. The first-order valence-electron chi connectivity index (χ1n) is 10.6. The number of carbonyl (C=O) groups excluding carboxylic acids is 3. The lowest BCUT2D eigenvalue weighted by molar-refractivity contribution is -0.144. The largest absolute Gasteiger partial charge is 0.464 e. The maximum Gasteiger partial charge on any atom is 0.437 e. The minimum absolute atomic E-state index is 0.112. The summed E-state index contributed by atoms with van der Waals surface area (Å²) in [5.74, 6) is -1.90. The van der Waals surface area contributed by atoms with Crippen LogP contribution in [0.4, 0.5) is 4.79 Å². The number of nitrogens with zero attached hydrogens (tertiary/aromatic N) is 2. The third kappa shape index (κ3) is 11.0. The maximum atomic E-state index is 12.3. The van der Waals surface area contributed by atoms with Crippen LogP contribution >= 0.6 is 0 Å². The van der Waals surface area contributed by atoms with Gasteiger partial charge in [-0.2, -0.15) is 0 Å². The third-order valence-corrected chi connectivity index (χ3v) is 3.35. The molecule has 152 valence electrons. The molecular formula is C19H31N3O5. The second-order valence-electron chi connectivity index (χ2n) is 7.13. The van der Waals surface area contributed by atoms with Crippen LogP contribution in [0.3, 0.4) is 0 Å². The van der Waals surface area contributed by atoms with E-state index in [2.05, 4.69) is 10.3 Å². The summed E-state index contributed by atoms with van der Waals surface area (Å²) in [5, 5.41) is 2.34. The first kappa shape index (κ1) is 18.0. The molecule has 0 aromatic rings. The van der Waals surface area contributed by atoms with Crippen molar-refractivity contribution in [3.63, 3.8) is 0 Å². The van der Waals surface area contributed by atoms with Gasteiger partial charge in [0.15, 0.2) is 0 Å². The Morgan fingerprint density at radius 3 is 2.63 bits per heavy atom. The third-order valence-electron chi connectivity index (χ3n) is 3.35. The van der Waals surface area contributed by atoms with Gasteiger partial charge in [0.1, 0.15) is 12.1 Å². The van der Waals surface area contributed by atoms with E-state index in [1.165, 1.54) is 0 Å². The number of aliphatic imine (C=N–C) groups is 1. The Balaban J connectivity index is 3.17. The minimum Gasteiger partial charge on any atom is -0.464 e. The molecule has 8 heteroatoms. The van der Waals surface area contributed by atoms with E-state index in [0.717, 1.165) is 19.3 Å². The van der Waals surface area contributed by atoms with E-state index in [9.17, 15) is 14.4 Å². The molecule has 2 amide bonds. The van der Waals surface area contributed by atoms with Gasteiger partial charge in [-0.1, -0.05) is 12.2 Å². The number of likely N-dealkylation sites (N-methyl/N-ethyl adjacent to an activating group) is 1. The highest BCUT2D eigenvalue weighted by atomic mass is 16.6. The quantitative estimate of drug-likeness (QED) is 0.509. The monoisotopic (exact) mass is 384 g/mol. The number of rotatable bonds is 0. The molecule has 0 atom stereocenters. The van der Waals surface area contributed by atoms with E-state index < -0.39 is 43.1 Å². The zero-order valence-electron chi connectivity index (χ0n) is 19.2. The molecule has 1 aliphatic rings. The zero-order chi connectivity index (χ0) is 22.8. The van der Waals surface area contributed by atoms with Gasteiger partial charge in [-0.25, -0.2) is 4.79 Å². The van der Waals surface area contributed by atoms with Crippen LogP contribution in [0.1, 0.15) is 63.4 Å². The second kappa shape index (κ2) is 11.4. The fourth-order valence-corrected chi connectivity index (χ4v) is 2.13. The molecule has 1 N–H and O–H groups in total. The normalized spacial score (nSPS) is 23.4. The maximum absolute atomic E-state index is 12.3. The summed E-state index contributed by atoms with van der Waals surface area (Å²) in [6.45, 7) is 1.42. The number of amides is 2. The molecule has 0 aromatic heterocycles. The van der Waals surface area contributed by atoms with Crippen LogP contribution in [0, 0.1) is 0 Å². The molecular weight excluding hydrogens is 350 g/mol. The number of allylic oxidation sites excluding steroid dienone is 2. The minimum atomic E-state index is -2.86. The standard InChI is InChI=1S/C19H31N3O5/c1-19(2,3)27-18(25)21-17-20-15(23)12-10-8-6-5-7-9-11-13-26-16(24)14-22(17)4/h5,7H,6,8-14H2,1-4H3,(H,20,21,23,25)/b7-5+/i4D3. The van der Waals surface area contributed by atoms with E-state index in [1.54, 1.807) is 20.8 Å². The van der Waals surface area contributed by atoms with Gasteiger partial charge in [0.05, 0.1) is 6.61 Å². The summed E-state index contributed by atoms with van der Waals surface area (Å²) < 4.78 is 33.4. The topological polar surface area (TPSA) is 97.3 Å². The SMILES string of the molecule is [2H]C([2H])([2H])N1CC(=O)OCCC/C=C/CCCCC(=O)N/C1=N/C(=O)OC(C)(C)C. The van der Waals surface area contributed by atoms with Crippen molar-refractivity contribution in [1.29, 1.82) is 0 Å². The fraction of sp³-hybridized carbons (Fsp3) is 0.684. The average molecular weight is 384 g/mol. The number of guanidine groups is 1. The molecule has 0 saturated heterocycles. The van der Waals surface area contributed by atoms with Gasteiger partial charge < -0.3 is 14.4 Å². The van der Waals surface area contributed by atoms with Crippen LogP contribution in [0.15, 0.2) is 17.1 Å². The van der Waals surface area contributed by atoms with Crippen LogP contribution in [-0.4, -0.2) is 54.6 Å². The molecule has 0 aromatic carbocycles. The summed E-state index contributed by atoms with van der Waals surface area (Å²) >= 11 is 0. The summed E-state index contributed by atoms with van der Waals surface area (Å²) in [4.78, 5) is 40.8. The number of carbonyl (C=O) groups is 3. The number of nitrogens with one attached hydrogen (secondary N) is 1. The molecule has 1 aliphatic heterocycles. The summed E-state index contributed by atoms with van der Waals surface area (Å²) in [6.07, 6.45) is 6.50. The highest BCUT2D eigenvalue weighted by molar-refractivity contribution is 6.01. The lowest BCUT2D eigenvalue weighted by Crippen LogP contribution is -2.45. The Bertz CT molecular complexity index is 669. The lowest BCUT2D eigenvalue weighted by atomic mass is 10.1. The van der Waals surface area contributed by atoms with Crippen molar-refractivity contribution < 1.29 is 28.0 Å². The molecule has 0 bridgehead atoms. The first-order chi connectivity index (χ1) is 13.9. The average Bonchev–Trinajstić information content (AvgIpc) is 2.57. The molecule has 0 radical (unpaired) electrons. The molecule has 27 heavy (non-hydrogen) atoms. The highest BCUT2D eigenvalue weighted by Crippen LogP contribution is 2.09. The van der Waals surface area contributed by atoms with Gasteiger partial charge in [-0.3, -0.25) is 14.9 Å². The van der Waals surface area contributed by atoms with E-state index in [-0.39, 0.29) is 13.0 Å². The van der Waals surface area contributed by atoms with Gasteiger partial charge in [-0.05, 0) is 52.9 Å². The van der Waals surface area contributed by atoms with E-state index in [4.69, 9.17) is 13.6 Å². The number of hydrogen-bond donors (Lipinski definition) is 1.